The summed E-state index contributed by atoms with van der Waals surface area (Å²) in [5, 5.41) is 1.20. The number of nitrogens with zero attached hydrogens (tertiary/aromatic N) is 2. The van der Waals surface area contributed by atoms with E-state index < -0.39 is 0 Å². The molecule has 1 heterocycles. The number of aromatic nitrogens is 1. The summed E-state index contributed by atoms with van der Waals surface area (Å²) in [4.78, 5) is 16.4. The van der Waals surface area contributed by atoms with E-state index in [-0.39, 0.29) is 12.4 Å². The first-order chi connectivity index (χ1) is 7.74. The van der Waals surface area contributed by atoms with Crippen LogP contribution in [0.1, 0.15) is 0 Å². The highest BCUT2D eigenvalue weighted by molar-refractivity contribution is 5.82. The lowest BCUT2D eigenvalue weighted by molar-refractivity contribution is -0.106. The van der Waals surface area contributed by atoms with Crippen LogP contribution < -0.4 is 11.5 Å². The van der Waals surface area contributed by atoms with E-state index in [4.69, 9.17) is 11.5 Å². The molecular weight excluding hydrogens is 204 g/mol. The van der Waals surface area contributed by atoms with E-state index in [1.165, 1.54) is 5.39 Å². The van der Waals surface area contributed by atoms with Crippen LogP contribution in [0.3, 0.4) is 0 Å². The second-order valence-electron chi connectivity index (χ2n) is 2.86. The number of pyridine rings is 1. The van der Waals surface area contributed by atoms with E-state index in [9.17, 15) is 4.79 Å². The highest BCUT2D eigenvalue weighted by Gasteiger charge is 1.86. The SMILES string of the molecule is NC(N)=NC=O.c1ccc2ncccc2c1. The monoisotopic (exact) mass is 216 g/mol. The minimum atomic E-state index is -0.204. The van der Waals surface area contributed by atoms with Crippen molar-refractivity contribution in [1.29, 1.82) is 0 Å². The van der Waals surface area contributed by atoms with Crippen LogP contribution in [-0.2, 0) is 4.79 Å². The zero-order valence-corrected chi connectivity index (χ0v) is 8.58. The molecule has 16 heavy (non-hydrogen) atoms. The van der Waals surface area contributed by atoms with Gasteiger partial charge in [0.1, 0.15) is 0 Å². The maximum Gasteiger partial charge on any atom is 0.236 e. The summed E-state index contributed by atoms with van der Waals surface area (Å²) < 4.78 is 0. The molecule has 82 valence electrons. The van der Waals surface area contributed by atoms with Gasteiger partial charge in [0.15, 0.2) is 5.96 Å². The number of amides is 1. The predicted molar refractivity (Wildman–Crippen MR) is 63.6 cm³/mol. The standard InChI is InChI=1S/C9H7N.C2H5N3O/c1-2-6-9-8(4-1)5-3-7-10-9;3-2(4)5-1-6/h1-7H;1H,(H4,3,4,5,6). The molecule has 0 aliphatic rings. The smallest absolute Gasteiger partial charge is 0.236 e. The number of carbonyl (C=O) groups is 1. The van der Waals surface area contributed by atoms with E-state index in [2.05, 4.69) is 22.1 Å². The van der Waals surface area contributed by atoms with Gasteiger partial charge in [0, 0.05) is 11.6 Å². The molecule has 0 saturated heterocycles. The number of aliphatic imine (C=N–C) groups is 1. The molecule has 0 aliphatic heterocycles. The second kappa shape index (κ2) is 6.13. The van der Waals surface area contributed by atoms with Crippen LogP contribution in [0.15, 0.2) is 47.6 Å². The van der Waals surface area contributed by atoms with Gasteiger partial charge in [0.25, 0.3) is 0 Å². The lowest BCUT2D eigenvalue weighted by Crippen LogP contribution is -2.22. The maximum atomic E-state index is 9.27. The Labute approximate surface area is 92.8 Å². The fourth-order valence-corrected chi connectivity index (χ4v) is 1.08. The van der Waals surface area contributed by atoms with Crippen LogP contribution in [-0.4, -0.2) is 17.4 Å². The summed E-state index contributed by atoms with van der Waals surface area (Å²) in [6.07, 6.45) is 2.09. The van der Waals surface area contributed by atoms with Gasteiger partial charge in [-0.25, -0.2) is 0 Å². The number of para-hydroxylation sites is 1. The molecule has 0 aliphatic carbocycles. The molecular formula is C11H12N4O. The van der Waals surface area contributed by atoms with Crippen molar-refractivity contribution < 1.29 is 4.79 Å². The zero-order valence-electron chi connectivity index (χ0n) is 8.58. The first kappa shape index (κ1) is 11.6. The van der Waals surface area contributed by atoms with Crippen molar-refractivity contribution in [3.05, 3.63) is 42.6 Å². The first-order valence-corrected chi connectivity index (χ1v) is 4.56. The fraction of sp³-hybridized carbons (Fsp3) is 0. The van der Waals surface area contributed by atoms with E-state index in [1.54, 1.807) is 0 Å². The minimum absolute atomic E-state index is 0.204. The Morgan fingerprint density at radius 2 is 1.88 bits per heavy atom. The Balaban J connectivity index is 0.000000187. The molecule has 0 atom stereocenters. The highest BCUT2D eigenvalue weighted by atomic mass is 16.1. The van der Waals surface area contributed by atoms with Gasteiger partial charge in [0.05, 0.1) is 5.52 Å². The number of nitrogens with two attached hydrogens (primary N) is 2. The molecule has 2 rings (SSSR count). The molecule has 0 bridgehead atoms. The Hall–Kier alpha value is -2.43. The van der Waals surface area contributed by atoms with Crippen molar-refractivity contribution in [3.8, 4) is 0 Å². The predicted octanol–water partition coefficient (Wildman–Crippen LogP) is 0.651. The van der Waals surface area contributed by atoms with Crippen LogP contribution in [0.25, 0.3) is 10.9 Å². The molecule has 0 unspecified atom stereocenters. The van der Waals surface area contributed by atoms with Crippen LogP contribution in [0.2, 0.25) is 0 Å². The summed E-state index contributed by atoms with van der Waals surface area (Å²) in [5.41, 5.74) is 10.5. The van der Waals surface area contributed by atoms with Crippen LogP contribution >= 0.6 is 0 Å². The van der Waals surface area contributed by atoms with Gasteiger partial charge in [-0.3, -0.25) is 9.78 Å². The van der Waals surface area contributed by atoms with Crippen molar-refractivity contribution >= 4 is 23.3 Å². The third-order valence-electron chi connectivity index (χ3n) is 1.71. The number of fused-ring (bicyclic) bond motifs is 1. The van der Waals surface area contributed by atoms with E-state index in [0.29, 0.717) is 0 Å². The van der Waals surface area contributed by atoms with Crippen LogP contribution in [0, 0.1) is 0 Å². The van der Waals surface area contributed by atoms with Crippen molar-refractivity contribution in [2.24, 2.45) is 16.5 Å². The molecule has 1 aromatic carbocycles. The van der Waals surface area contributed by atoms with Crippen molar-refractivity contribution in [2.75, 3.05) is 0 Å². The minimum Gasteiger partial charge on any atom is -0.370 e. The molecule has 2 aromatic rings. The molecule has 0 fully saturated rings. The average Bonchev–Trinajstić information content (AvgIpc) is 2.30. The Kier molecular flexibility index (Phi) is 4.46. The Bertz CT molecular complexity index is 427. The number of hydrogen-bond donors (Lipinski definition) is 2. The van der Waals surface area contributed by atoms with Gasteiger partial charge < -0.3 is 11.5 Å². The van der Waals surface area contributed by atoms with Gasteiger partial charge in [-0.15, -0.1) is 0 Å². The molecule has 0 radical (unpaired) electrons. The normalized spacial score (nSPS) is 8.75. The molecule has 1 aromatic heterocycles. The summed E-state index contributed by atoms with van der Waals surface area (Å²) in [7, 11) is 0. The third kappa shape index (κ3) is 3.75. The average molecular weight is 216 g/mol. The van der Waals surface area contributed by atoms with Crippen LogP contribution in [0.5, 0.6) is 0 Å². The summed E-state index contributed by atoms with van der Waals surface area (Å²) in [6.45, 7) is 0. The summed E-state index contributed by atoms with van der Waals surface area (Å²) in [5.74, 6) is -0.204. The zero-order chi connectivity index (χ0) is 11.8. The molecule has 4 N–H and O–H groups in total. The summed E-state index contributed by atoms with van der Waals surface area (Å²) >= 11 is 0. The summed E-state index contributed by atoms with van der Waals surface area (Å²) in [6, 6.07) is 12.1. The molecule has 0 spiro atoms. The Morgan fingerprint density at radius 3 is 2.44 bits per heavy atom. The third-order valence-corrected chi connectivity index (χ3v) is 1.71. The number of benzene rings is 1. The molecule has 5 nitrogen and oxygen atoms in total. The lowest BCUT2D eigenvalue weighted by Gasteiger charge is -1.91. The van der Waals surface area contributed by atoms with E-state index in [1.807, 2.05) is 30.5 Å². The van der Waals surface area contributed by atoms with E-state index in [0.717, 1.165) is 5.52 Å². The Morgan fingerprint density at radius 1 is 1.19 bits per heavy atom. The number of carbonyl (C=O) groups excluding carboxylic acids is 1. The largest absolute Gasteiger partial charge is 0.370 e. The molecule has 0 saturated carbocycles. The lowest BCUT2D eigenvalue weighted by atomic mass is 10.2. The highest BCUT2D eigenvalue weighted by Crippen LogP contribution is 2.07. The van der Waals surface area contributed by atoms with Gasteiger partial charge >= 0.3 is 0 Å². The number of rotatable bonds is 1. The number of guanidine groups is 1. The van der Waals surface area contributed by atoms with Gasteiger partial charge in [-0.2, -0.15) is 4.99 Å². The maximum absolute atomic E-state index is 9.27. The van der Waals surface area contributed by atoms with Crippen LogP contribution in [0.4, 0.5) is 0 Å². The second-order valence-corrected chi connectivity index (χ2v) is 2.86. The quantitative estimate of drug-likeness (QED) is 0.415. The molecule has 1 amide bonds. The topological polar surface area (TPSA) is 94.4 Å². The first-order valence-electron chi connectivity index (χ1n) is 4.56. The van der Waals surface area contributed by atoms with Gasteiger partial charge in [0.2, 0.25) is 6.41 Å². The van der Waals surface area contributed by atoms with E-state index >= 15 is 0 Å². The van der Waals surface area contributed by atoms with Crippen molar-refractivity contribution in [3.63, 3.8) is 0 Å². The van der Waals surface area contributed by atoms with Gasteiger partial charge in [-0.1, -0.05) is 24.3 Å². The van der Waals surface area contributed by atoms with Gasteiger partial charge in [-0.05, 0) is 12.1 Å². The van der Waals surface area contributed by atoms with Crippen molar-refractivity contribution in [2.45, 2.75) is 0 Å². The van der Waals surface area contributed by atoms with Crippen molar-refractivity contribution in [1.82, 2.24) is 4.98 Å². The number of hydrogen-bond acceptors (Lipinski definition) is 2. The fourth-order valence-electron chi connectivity index (χ4n) is 1.08. The molecule has 5 heteroatoms.